The highest BCUT2D eigenvalue weighted by atomic mass is 16.5. The van der Waals surface area contributed by atoms with Crippen molar-refractivity contribution in [1.29, 1.82) is 0 Å². The highest BCUT2D eigenvalue weighted by molar-refractivity contribution is 5.72. The molecule has 0 radical (unpaired) electrons. The second-order valence-corrected chi connectivity index (χ2v) is 9.32. The number of hydrogen-bond acceptors (Lipinski definition) is 5. The molecule has 0 aliphatic rings. The summed E-state index contributed by atoms with van der Waals surface area (Å²) < 4.78 is 11.2. The standard InChI is InChI=1S/C29H44N2O3/c1-4-6-7-8-9-10-11-14-21-33-27-22-30-29(31-23-27)25-17-19-26(20-18-25)34-28(32)16-13-12-15-24(3)5-2/h17-20,22-24H,4-16,21H2,1-3H3. The monoisotopic (exact) mass is 468 g/mol. The van der Waals surface area contributed by atoms with Gasteiger partial charge in [-0.25, -0.2) is 9.97 Å². The molecule has 5 heteroatoms. The van der Waals surface area contributed by atoms with Crippen LogP contribution in [0.4, 0.5) is 0 Å². The number of hydrogen-bond donors (Lipinski definition) is 0. The Balaban J connectivity index is 1.66. The molecule has 0 saturated heterocycles. The first-order valence-corrected chi connectivity index (χ1v) is 13.4. The number of carbonyl (C=O) groups is 1. The second kappa shape index (κ2) is 17.1. The van der Waals surface area contributed by atoms with E-state index in [1.165, 1.54) is 57.8 Å². The molecule has 1 aromatic carbocycles. The first-order chi connectivity index (χ1) is 16.6. The lowest BCUT2D eigenvalue weighted by molar-refractivity contribution is -0.134. The van der Waals surface area contributed by atoms with Crippen molar-refractivity contribution in [3.8, 4) is 22.9 Å². The van der Waals surface area contributed by atoms with Crippen LogP contribution in [0, 0.1) is 5.92 Å². The van der Waals surface area contributed by atoms with Crippen molar-refractivity contribution in [3.05, 3.63) is 36.7 Å². The summed E-state index contributed by atoms with van der Waals surface area (Å²) in [7, 11) is 0. The summed E-state index contributed by atoms with van der Waals surface area (Å²) in [4.78, 5) is 20.9. The van der Waals surface area contributed by atoms with E-state index in [0.29, 0.717) is 30.4 Å². The van der Waals surface area contributed by atoms with Crippen LogP contribution in [-0.2, 0) is 4.79 Å². The first-order valence-electron chi connectivity index (χ1n) is 13.4. The topological polar surface area (TPSA) is 61.3 Å². The summed E-state index contributed by atoms with van der Waals surface area (Å²) in [6.07, 6.45) is 18.5. The molecular weight excluding hydrogens is 424 g/mol. The predicted molar refractivity (Wildman–Crippen MR) is 139 cm³/mol. The number of nitrogens with zero attached hydrogens (tertiary/aromatic N) is 2. The van der Waals surface area contributed by atoms with Gasteiger partial charge in [-0.2, -0.15) is 0 Å². The van der Waals surface area contributed by atoms with Crippen molar-refractivity contribution in [3.63, 3.8) is 0 Å². The summed E-state index contributed by atoms with van der Waals surface area (Å²) in [5, 5.41) is 0. The molecule has 188 valence electrons. The third-order valence-electron chi connectivity index (χ3n) is 6.26. The molecule has 0 spiro atoms. The number of benzene rings is 1. The normalized spacial score (nSPS) is 11.9. The Morgan fingerprint density at radius 3 is 2.12 bits per heavy atom. The van der Waals surface area contributed by atoms with Crippen LogP contribution in [0.3, 0.4) is 0 Å². The molecule has 0 saturated carbocycles. The van der Waals surface area contributed by atoms with Gasteiger partial charge < -0.3 is 9.47 Å². The van der Waals surface area contributed by atoms with Crippen LogP contribution in [0.1, 0.15) is 104 Å². The quantitative estimate of drug-likeness (QED) is 0.125. The van der Waals surface area contributed by atoms with Crippen LogP contribution < -0.4 is 9.47 Å². The number of ether oxygens (including phenoxy) is 2. The van der Waals surface area contributed by atoms with Gasteiger partial charge in [0.05, 0.1) is 19.0 Å². The average molecular weight is 469 g/mol. The number of unbranched alkanes of at least 4 members (excludes halogenated alkanes) is 8. The lowest BCUT2D eigenvalue weighted by atomic mass is 10.0. The van der Waals surface area contributed by atoms with E-state index in [1.807, 2.05) is 12.1 Å². The van der Waals surface area contributed by atoms with Gasteiger partial charge in [0.2, 0.25) is 0 Å². The van der Waals surface area contributed by atoms with E-state index in [2.05, 4.69) is 30.7 Å². The first kappa shape index (κ1) is 27.8. The van der Waals surface area contributed by atoms with Gasteiger partial charge in [-0.1, -0.05) is 85.0 Å². The zero-order chi connectivity index (χ0) is 24.4. The molecule has 1 aromatic heterocycles. The largest absolute Gasteiger partial charge is 0.490 e. The fourth-order valence-electron chi connectivity index (χ4n) is 3.79. The lowest BCUT2D eigenvalue weighted by Gasteiger charge is -2.08. The van der Waals surface area contributed by atoms with Crippen molar-refractivity contribution in [1.82, 2.24) is 9.97 Å². The van der Waals surface area contributed by atoms with E-state index in [1.54, 1.807) is 24.5 Å². The third kappa shape index (κ3) is 11.6. The SMILES string of the molecule is CCCCCCCCCCOc1cnc(-c2ccc(OC(=O)CCCCC(C)CC)cc2)nc1. The molecule has 0 N–H and O–H groups in total. The Kier molecular flexibility index (Phi) is 14.0. The molecule has 0 bridgehead atoms. The maximum Gasteiger partial charge on any atom is 0.311 e. The highest BCUT2D eigenvalue weighted by Crippen LogP contribution is 2.21. The van der Waals surface area contributed by atoms with Gasteiger partial charge >= 0.3 is 5.97 Å². The molecule has 0 amide bonds. The lowest BCUT2D eigenvalue weighted by Crippen LogP contribution is -2.07. The number of rotatable bonds is 18. The van der Waals surface area contributed by atoms with Crippen molar-refractivity contribution < 1.29 is 14.3 Å². The third-order valence-corrected chi connectivity index (χ3v) is 6.26. The van der Waals surface area contributed by atoms with Gasteiger partial charge in [-0.3, -0.25) is 4.79 Å². The number of esters is 1. The zero-order valence-electron chi connectivity index (χ0n) is 21.6. The Bertz CT molecular complexity index is 790. The second-order valence-electron chi connectivity index (χ2n) is 9.32. The minimum atomic E-state index is -0.175. The minimum absolute atomic E-state index is 0.175. The molecule has 2 rings (SSSR count). The van der Waals surface area contributed by atoms with Gasteiger partial charge in [-0.05, 0) is 43.0 Å². The number of aromatic nitrogens is 2. The molecule has 2 aromatic rings. The van der Waals surface area contributed by atoms with Crippen LogP contribution in [0.15, 0.2) is 36.7 Å². The van der Waals surface area contributed by atoms with Crippen LogP contribution in [0.5, 0.6) is 11.5 Å². The van der Waals surface area contributed by atoms with E-state index < -0.39 is 0 Å². The maximum absolute atomic E-state index is 12.1. The van der Waals surface area contributed by atoms with Crippen LogP contribution in [-0.4, -0.2) is 22.5 Å². The molecule has 0 aliphatic heterocycles. The van der Waals surface area contributed by atoms with E-state index in [4.69, 9.17) is 9.47 Å². The van der Waals surface area contributed by atoms with Crippen molar-refractivity contribution >= 4 is 5.97 Å². The molecular formula is C29H44N2O3. The van der Waals surface area contributed by atoms with Crippen LogP contribution >= 0.6 is 0 Å². The maximum atomic E-state index is 12.1. The summed E-state index contributed by atoms with van der Waals surface area (Å²) >= 11 is 0. The Labute approximate surface area is 206 Å². The van der Waals surface area contributed by atoms with Gasteiger partial charge in [0.25, 0.3) is 0 Å². The Morgan fingerprint density at radius 1 is 0.824 bits per heavy atom. The molecule has 1 unspecified atom stereocenters. The fourth-order valence-corrected chi connectivity index (χ4v) is 3.79. The predicted octanol–water partition coefficient (Wildman–Crippen LogP) is 8.18. The Hall–Kier alpha value is -2.43. The zero-order valence-corrected chi connectivity index (χ0v) is 21.6. The average Bonchev–Trinajstić information content (AvgIpc) is 2.86. The summed E-state index contributed by atoms with van der Waals surface area (Å²) in [5.41, 5.74) is 0.878. The minimum Gasteiger partial charge on any atom is -0.490 e. The van der Waals surface area contributed by atoms with E-state index in [9.17, 15) is 4.79 Å². The summed E-state index contributed by atoms with van der Waals surface area (Å²) in [5.74, 6) is 2.43. The van der Waals surface area contributed by atoms with Gasteiger partial charge in [-0.15, -0.1) is 0 Å². The fraction of sp³-hybridized carbons (Fsp3) is 0.621. The molecule has 0 fully saturated rings. The smallest absolute Gasteiger partial charge is 0.311 e. The molecule has 5 nitrogen and oxygen atoms in total. The van der Waals surface area contributed by atoms with Crippen LogP contribution in [0.2, 0.25) is 0 Å². The molecule has 0 aliphatic carbocycles. The van der Waals surface area contributed by atoms with E-state index in [-0.39, 0.29) is 5.97 Å². The highest BCUT2D eigenvalue weighted by Gasteiger charge is 2.08. The van der Waals surface area contributed by atoms with Gasteiger partial charge in [0.15, 0.2) is 11.6 Å². The molecule has 1 heterocycles. The van der Waals surface area contributed by atoms with Crippen molar-refractivity contribution in [2.75, 3.05) is 6.61 Å². The number of carbonyl (C=O) groups excluding carboxylic acids is 1. The summed E-state index contributed by atoms with van der Waals surface area (Å²) in [6.45, 7) is 7.41. The molecule has 34 heavy (non-hydrogen) atoms. The Morgan fingerprint density at radius 2 is 1.47 bits per heavy atom. The summed E-state index contributed by atoms with van der Waals surface area (Å²) in [6, 6.07) is 7.34. The van der Waals surface area contributed by atoms with E-state index >= 15 is 0 Å². The molecule has 1 atom stereocenters. The van der Waals surface area contributed by atoms with Gasteiger partial charge in [0.1, 0.15) is 5.75 Å². The van der Waals surface area contributed by atoms with Crippen molar-refractivity contribution in [2.45, 2.75) is 104 Å². The van der Waals surface area contributed by atoms with Crippen LogP contribution in [0.25, 0.3) is 11.4 Å². The van der Waals surface area contributed by atoms with E-state index in [0.717, 1.165) is 30.7 Å². The van der Waals surface area contributed by atoms with Crippen molar-refractivity contribution in [2.24, 2.45) is 5.92 Å². The van der Waals surface area contributed by atoms with Gasteiger partial charge in [0, 0.05) is 12.0 Å².